The van der Waals surface area contributed by atoms with Crippen LogP contribution in [0.2, 0.25) is 0 Å². The standard InChI is InChI=1S/C20H16N2O3/c23-19(17-7-4-12-25-17)22-16-9-8-14(13-5-2-1-3-6-13)15-10-11-21-20(24)18(15)16/h1-9,12H,10-11H2,(H,21,24)(H,22,23). The van der Waals surface area contributed by atoms with Crippen LogP contribution in [0.25, 0.3) is 11.1 Å². The van der Waals surface area contributed by atoms with Crippen molar-refractivity contribution in [1.29, 1.82) is 0 Å². The highest BCUT2D eigenvalue weighted by atomic mass is 16.3. The topological polar surface area (TPSA) is 71.3 Å². The van der Waals surface area contributed by atoms with Crippen molar-refractivity contribution in [2.75, 3.05) is 11.9 Å². The Hall–Kier alpha value is -3.34. The Morgan fingerprint density at radius 3 is 2.64 bits per heavy atom. The van der Waals surface area contributed by atoms with Gasteiger partial charge in [-0.15, -0.1) is 0 Å². The van der Waals surface area contributed by atoms with E-state index < -0.39 is 0 Å². The first-order valence-electron chi connectivity index (χ1n) is 8.08. The van der Waals surface area contributed by atoms with E-state index in [1.54, 1.807) is 18.2 Å². The number of hydrogen-bond donors (Lipinski definition) is 2. The summed E-state index contributed by atoms with van der Waals surface area (Å²) in [6.45, 7) is 0.585. The molecule has 25 heavy (non-hydrogen) atoms. The van der Waals surface area contributed by atoms with Crippen molar-refractivity contribution in [2.45, 2.75) is 6.42 Å². The number of carbonyl (C=O) groups excluding carboxylic acids is 2. The fourth-order valence-electron chi connectivity index (χ4n) is 3.14. The van der Waals surface area contributed by atoms with Crippen molar-refractivity contribution in [1.82, 2.24) is 5.32 Å². The summed E-state index contributed by atoms with van der Waals surface area (Å²) in [5.41, 5.74) is 4.03. The van der Waals surface area contributed by atoms with E-state index in [9.17, 15) is 9.59 Å². The number of rotatable bonds is 3. The van der Waals surface area contributed by atoms with Crippen LogP contribution in [0.5, 0.6) is 0 Å². The smallest absolute Gasteiger partial charge is 0.291 e. The number of carbonyl (C=O) groups is 2. The Labute approximate surface area is 144 Å². The molecule has 2 heterocycles. The van der Waals surface area contributed by atoms with Crippen LogP contribution in [-0.4, -0.2) is 18.4 Å². The molecular formula is C20H16N2O3. The Morgan fingerprint density at radius 1 is 1.04 bits per heavy atom. The summed E-state index contributed by atoms with van der Waals surface area (Å²) in [6.07, 6.45) is 2.16. The van der Waals surface area contributed by atoms with Crippen LogP contribution in [0, 0.1) is 0 Å². The van der Waals surface area contributed by atoms with Gasteiger partial charge in [-0.05, 0) is 41.3 Å². The molecule has 4 rings (SSSR count). The predicted molar refractivity (Wildman–Crippen MR) is 94.6 cm³/mol. The molecule has 0 radical (unpaired) electrons. The second-order valence-electron chi connectivity index (χ2n) is 5.82. The maximum atomic E-state index is 12.5. The zero-order valence-corrected chi connectivity index (χ0v) is 13.4. The molecule has 0 spiro atoms. The predicted octanol–water partition coefficient (Wildman–Crippen LogP) is 3.48. The molecule has 0 bridgehead atoms. The first-order chi connectivity index (χ1) is 12.2. The van der Waals surface area contributed by atoms with Crippen molar-refractivity contribution >= 4 is 17.5 Å². The number of amides is 2. The molecule has 124 valence electrons. The lowest BCUT2D eigenvalue weighted by Crippen LogP contribution is -2.33. The Bertz CT molecular complexity index is 931. The summed E-state index contributed by atoms with van der Waals surface area (Å²) in [5.74, 6) is -0.344. The van der Waals surface area contributed by atoms with Gasteiger partial charge in [-0.3, -0.25) is 9.59 Å². The highest BCUT2D eigenvalue weighted by molar-refractivity contribution is 6.10. The van der Waals surface area contributed by atoms with Gasteiger partial charge in [0, 0.05) is 6.54 Å². The highest BCUT2D eigenvalue weighted by Gasteiger charge is 2.25. The number of anilines is 1. The van der Waals surface area contributed by atoms with E-state index >= 15 is 0 Å². The molecule has 0 saturated heterocycles. The number of furan rings is 1. The van der Waals surface area contributed by atoms with Gasteiger partial charge in [0.25, 0.3) is 11.8 Å². The Kier molecular flexibility index (Phi) is 3.82. The van der Waals surface area contributed by atoms with Crippen LogP contribution < -0.4 is 10.6 Å². The molecule has 2 amide bonds. The summed E-state index contributed by atoms with van der Waals surface area (Å²) in [6, 6.07) is 16.9. The summed E-state index contributed by atoms with van der Waals surface area (Å²) >= 11 is 0. The van der Waals surface area contributed by atoms with Crippen molar-refractivity contribution in [3.8, 4) is 11.1 Å². The van der Waals surface area contributed by atoms with Gasteiger partial charge in [0.05, 0.1) is 17.5 Å². The molecule has 1 aliphatic rings. The van der Waals surface area contributed by atoms with Crippen LogP contribution >= 0.6 is 0 Å². The highest BCUT2D eigenvalue weighted by Crippen LogP contribution is 2.33. The third-order valence-corrected chi connectivity index (χ3v) is 4.28. The minimum atomic E-state index is -0.377. The van der Waals surface area contributed by atoms with Crippen LogP contribution in [0.3, 0.4) is 0 Å². The zero-order valence-electron chi connectivity index (χ0n) is 13.4. The summed E-state index contributed by atoms with van der Waals surface area (Å²) in [4.78, 5) is 24.8. The summed E-state index contributed by atoms with van der Waals surface area (Å²) in [7, 11) is 0. The normalized spacial score (nSPS) is 13.0. The van der Waals surface area contributed by atoms with Gasteiger partial charge < -0.3 is 15.1 Å². The first kappa shape index (κ1) is 15.2. The summed E-state index contributed by atoms with van der Waals surface area (Å²) < 4.78 is 5.12. The number of fused-ring (bicyclic) bond motifs is 1. The van der Waals surface area contributed by atoms with Gasteiger partial charge in [0.15, 0.2) is 5.76 Å². The largest absolute Gasteiger partial charge is 0.459 e. The maximum absolute atomic E-state index is 12.5. The Balaban J connectivity index is 1.79. The second kappa shape index (κ2) is 6.28. The third-order valence-electron chi connectivity index (χ3n) is 4.28. The molecule has 0 aliphatic carbocycles. The minimum absolute atomic E-state index is 0.172. The average Bonchev–Trinajstić information content (AvgIpc) is 3.17. The van der Waals surface area contributed by atoms with E-state index in [1.807, 2.05) is 36.4 Å². The number of nitrogens with one attached hydrogen (secondary N) is 2. The van der Waals surface area contributed by atoms with Gasteiger partial charge in [-0.25, -0.2) is 0 Å². The van der Waals surface area contributed by atoms with Crippen molar-refractivity contribution < 1.29 is 14.0 Å². The van der Waals surface area contributed by atoms with E-state index in [-0.39, 0.29) is 17.6 Å². The van der Waals surface area contributed by atoms with Gasteiger partial charge >= 0.3 is 0 Å². The van der Waals surface area contributed by atoms with Crippen LogP contribution in [0.15, 0.2) is 65.3 Å². The van der Waals surface area contributed by atoms with Gasteiger partial charge in [-0.2, -0.15) is 0 Å². The lowest BCUT2D eigenvalue weighted by Gasteiger charge is -2.23. The molecule has 1 aliphatic heterocycles. The van der Waals surface area contributed by atoms with Crippen LogP contribution in [0.4, 0.5) is 5.69 Å². The monoisotopic (exact) mass is 332 g/mol. The first-order valence-corrected chi connectivity index (χ1v) is 8.08. The molecule has 0 atom stereocenters. The van der Waals surface area contributed by atoms with E-state index in [0.29, 0.717) is 17.8 Å². The zero-order chi connectivity index (χ0) is 17.2. The maximum Gasteiger partial charge on any atom is 0.291 e. The van der Waals surface area contributed by atoms with Crippen LogP contribution in [0.1, 0.15) is 26.5 Å². The minimum Gasteiger partial charge on any atom is -0.459 e. The SMILES string of the molecule is O=C(Nc1ccc(-c2ccccc2)c2c1C(=O)NCC2)c1ccco1. The van der Waals surface area contributed by atoms with Crippen molar-refractivity contribution in [3.05, 3.63) is 77.7 Å². The van der Waals surface area contributed by atoms with Gasteiger partial charge in [0.1, 0.15) is 0 Å². The summed E-state index contributed by atoms with van der Waals surface area (Å²) in [5, 5.41) is 5.64. The fourth-order valence-corrected chi connectivity index (χ4v) is 3.14. The molecule has 5 heteroatoms. The van der Waals surface area contributed by atoms with E-state index in [2.05, 4.69) is 10.6 Å². The average molecular weight is 332 g/mol. The molecule has 1 aromatic heterocycles. The number of benzene rings is 2. The van der Waals surface area contributed by atoms with E-state index in [4.69, 9.17) is 4.42 Å². The van der Waals surface area contributed by atoms with E-state index in [1.165, 1.54) is 6.26 Å². The lowest BCUT2D eigenvalue weighted by atomic mass is 9.89. The van der Waals surface area contributed by atoms with E-state index in [0.717, 1.165) is 23.1 Å². The molecule has 0 fully saturated rings. The fraction of sp³-hybridized carbons (Fsp3) is 0.100. The molecule has 2 aromatic carbocycles. The Morgan fingerprint density at radius 2 is 1.88 bits per heavy atom. The van der Waals surface area contributed by atoms with Crippen molar-refractivity contribution in [2.24, 2.45) is 0 Å². The van der Waals surface area contributed by atoms with Crippen molar-refractivity contribution in [3.63, 3.8) is 0 Å². The lowest BCUT2D eigenvalue weighted by molar-refractivity contribution is 0.0947. The van der Waals surface area contributed by atoms with Gasteiger partial charge in [-0.1, -0.05) is 36.4 Å². The van der Waals surface area contributed by atoms with Crippen LogP contribution in [-0.2, 0) is 6.42 Å². The van der Waals surface area contributed by atoms with Gasteiger partial charge in [0.2, 0.25) is 0 Å². The quantitative estimate of drug-likeness (QED) is 0.771. The molecule has 5 nitrogen and oxygen atoms in total. The molecule has 0 unspecified atom stereocenters. The molecule has 3 aromatic rings. The molecular weight excluding hydrogens is 316 g/mol. The molecule has 0 saturated carbocycles. The third kappa shape index (κ3) is 2.80. The molecule has 2 N–H and O–H groups in total. The number of hydrogen-bond acceptors (Lipinski definition) is 3. The second-order valence-corrected chi connectivity index (χ2v) is 5.82.